The zero-order valence-electron chi connectivity index (χ0n) is 11.6. The van der Waals surface area contributed by atoms with Crippen molar-refractivity contribution in [3.05, 3.63) is 52.9 Å². The van der Waals surface area contributed by atoms with Crippen molar-refractivity contribution in [1.82, 2.24) is 4.31 Å². The summed E-state index contributed by atoms with van der Waals surface area (Å²) in [4.78, 5) is 0. The lowest BCUT2D eigenvalue weighted by Crippen LogP contribution is -2.43. The first kappa shape index (κ1) is 13.9. The van der Waals surface area contributed by atoms with Gasteiger partial charge in [-0.3, -0.25) is 0 Å². The Kier molecular flexibility index (Phi) is 3.71. The Morgan fingerprint density at radius 3 is 2.70 bits per heavy atom. The van der Waals surface area contributed by atoms with Gasteiger partial charge < -0.3 is 0 Å². The van der Waals surface area contributed by atoms with Crippen molar-refractivity contribution in [2.24, 2.45) is 0 Å². The van der Waals surface area contributed by atoms with Gasteiger partial charge in [0.25, 0.3) is 0 Å². The van der Waals surface area contributed by atoms with Gasteiger partial charge in [0, 0.05) is 12.6 Å². The van der Waals surface area contributed by atoms with Crippen LogP contribution in [0.5, 0.6) is 0 Å². The van der Waals surface area contributed by atoms with Crippen molar-refractivity contribution in [2.45, 2.75) is 36.6 Å². The summed E-state index contributed by atoms with van der Waals surface area (Å²) in [6, 6.07) is 12.7. The highest BCUT2D eigenvalue weighted by atomic mass is 32.2. The fraction of sp³-hybridized carbons (Fsp3) is 0.312. The third-order valence-corrected chi connectivity index (χ3v) is 7.65. The van der Waals surface area contributed by atoms with Crippen molar-refractivity contribution in [3.63, 3.8) is 0 Å². The van der Waals surface area contributed by atoms with Gasteiger partial charge in [-0.1, -0.05) is 37.3 Å². The van der Waals surface area contributed by atoms with Gasteiger partial charge in [-0.05, 0) is 41.3 Å². The molecule has 20 heavy (non-hydrogen) atoms. The minimum atomic E-state index is -2.37. The van der Waals surface area contributed by atoms with Crippen molar-refractivity contribution in [1.29, 1.82) is 0 Å². The lowest BCUT2D eigenvalue weighted by atomic mass is 9.95. The summed E-state index contributed by atoms with van der Waals surface area (Å²) in [5.41, 5.74) is 2.67. The summed E-state index contributed by atoms with van der Waals surface area (Å²) in [5, 5.41) is 1.97. The maximum Gasteiger partial charge on any atom is 0.0969 e. The fourth-order valence-corrected chi connectivity index (χ4v) is 5.90. The van der Waals surface area contributed by atoms with E-state index in [2.05, 4.69) is 41.4 Å². The van der Waals surface area contributed by atoms with E-state index in [1.165, 1.54) is 22.5 Å². The normalized spacial score (nSPS) is 22.1. The first-order valence-electron chi connectivity index (χ1n) is 6.87. The first-order chi connectivity index (χ1) is 9.63. The molecule has 2 nitrogen and oxygen atoms in total. The lowest BCUT2D eigenvalue weighted by molar-refractivity contribution is 0.299. The quantitative estimate of drug-likeness (QED) is 0.794. The highest BCUT2D eigenvalue weighted by Gasteiger charge is 2.31. The molecule has 1 aliphatic heterocycles. The number of hydrogen-bond acceptors (Lipinski definition) is 2. The van der Waals surface area contributed by atoms with Gasteiger partial charge in [-0.2, -0.15) is 0 Å². The molecule has 0 aliphatic carbocycles. The van der Waals surface area contributed by atoms with Crippen molar-refractivity contribution in [3.8, 4) is 0 Å². The molecule has 0 amide bonds. The highest BCUT2D eigenvalue weighted by Crippen LogP contribution is 2.31. The maximum atomic E-state index is 13.2. The molecule has 0 saturated heterocycles. The van der Waals surface area contributed by atoms with Crippen molar-refractivity contribution >= 4 is 26.9 Å². The maximum absolute atomic E-state index is 13.2. The highest BCUT2D eigenvalue weighted by molar-refractivity contribution is 7.99. The number of hydrogen-bond donors (Lipinski definition) is 0. The summed E-state index contributed by atoms with van der Waals surface area (Å²) in [5.74, 6) is 4.07. The molecule has 4 heteroatoms. The van der Waals surface area contributed by atoms with Crippen LogP contribution in [0, 0.1) is 0 Å². The number of nitrogens with zero attached hydrogens (tertiary/aromatic N) is 1. The van der Waals surface area contributed by atoms with Gasteiger partial charge in [0.15, 0.2) is 0 Å². The Bertz CT molecular complexity index is 689. The summed E-state index contributed by atoms with van der Waals surface area (Å²) < 4.78 is 16.2. The minimum Gasteiger partial charge on any atom is -0.247 e. The molecule has 0 radical (unpaired) electrons. The van der Waals surface area contributed by atoms with Gasteiger partial charge in [0.1, 0.15) is 0 Å². The van der Waals surface area contributed by atoms with Gasteiger partial charge in [0.05, 0.1) is 13.9 Å². The van der Waals surface area contributed by atoms with Crippen LogP contribution in [0.1, 0.15) is 24.5 Å². The Balaban J connectivity index is 2.01. The fourth-order valence-electron chi connectivity index (χ4n) is 2.82. The van der Waals surface area contributed by atoms with E-state index >= 15 is 0 Å². The molecule has 0 fully saturated rings. The molecule has 1 aromatic carbocycles. The Hall–Kier alpha value is -1.10. The largest absolute Gasteiger partial charge is 0.247 e. The topological polar surface area (TPSA) is 20.3 Å². The van der Waals surface area contributed by atoms with E-state index in [-0.39, 0.29) is 0 Å². The minimum absolute atomic E-state index is 0.303. The average molecular weight is 305 g/mol. The zero-order chi connectivity index (χ0) is 14.2. The second-order valence-electron chi connectivity index (χ2n) is 5.18. The molecular formula is C16H19NOS2. The predicted molar refractivity (Wildman–Crippen MR) is 87.6 cm³/mol. The van der Waals surface area contributed by atoms with E-state index in [9.17, 15) is 4.21 Å². The molecule has 0 saturated carbocycles. The predicted octanol–water partition coefficient (Wildman–Crippen LogP) is 3.58. The average Bonchev–Trinajstić information content (AvgIpc) is 3.00. The third-order valence-electron chi connectivity index (χ3n) is 3.97. The van der Waals surface area contributed by atoms with Crippen LogP contribution in [0.2, 0.25) is 0 Å². The van der Waals surface area contributed by atoms with E-state index in [0.29, 0.717) is 6.04 Å². The van der Waals surface area contributed by atoms with Crippen LogP contribution < -0.4 is 0 Å². The SMILES string of the molecule is C=S(=O)(c1cccs1)N1Cc2ccccc2CC1CC. The van der Waals surface area contributed by atoms with Crippen LogP contribution in [-0.4, -0.2) is 20.4 Å². The van der Waals surface area contributed by atoms with E-state index in [4.69, 9.17) is 0 Å². The summed E-state index contributed by atoms with van der Waals surface area (Å²) >= 11 is 1.54. The van der Waals surface area contributed by atoms with E-state index in [0.717, 1.165) is 23.6 Å². The number of fused-ring (bicyclic) bond motifs is 1. The molecular weight excluding hydrogens is 286 g/mol. The smallest absolute Gasteiger partial charge is 0.0969 e. The van der Waals surface area contributed by atoms with E-state index in [1.54, 1.807) is 0 Å². The summed E-state index contributed by atoms with van der Waals surface area (Å²) in [6.45, 7) is 2.89. The molecule has 106 valence electrons. The number of rotatable bonds is 3. The van der Waals surface area contributed by atoms with Gasteiger partial charge in [0.2, 0.25) is 0 Å². The number of benzene rings is 1. The molecule has 1 aromatic heterocycles. The second kappa shape index (κ2) is 5.35. The van der Waals surface area contributed by atoms with Crippen molar-refractivity contribution in [2.75, 3.05) is 0 Å². The molecule has 0 bridgehead atoms. The standard InChI is InChI=1S/C16H19NOS2/c1-3-15-11-13-7-4-5-8-14(13)12-17(15)20(2,18)16-9-6-10-19-16/h4-10,15H,2-3,11-12H2,1H3. The summed E-state index contributed by atoms with van der Waals surface area (Å²) in [6.07, 6.45) is 1.96. The van der Waals surface area contributed by atoms with Crippen molar-refractivity contribution < 1.29 is 4.21 Å². The zero-order valence-corrected chi connectivity index (χ0v) is 13.3. The van der Waals surface area contributed by atoms with Gasteiger partial charge >= 0.3 is 0 Å². The second-order valence-corrected chi connectivity index (χ2v) is 8.58. The van der Waals surface area contributed by atoms with E-state index < -0.39 is 9.71 Å². The Labute approximate surface area is 125 Å². The van der Waals surface area contributed by atoms with Crippen LogP contribution in [-0.2, 0) is 22.7 Å². The molecule has 0 N–H and O–H groups in total. The van der Waals surface area contributed by atoms with Gasteiger partial charge in [-0.15, -0.1) is 11.3 Å². The van der Waals surface area contributed by atoms with Crippen LogP contribution in [0.25, 0.3) is 0 Å². The van der Waals surface area contributed by atoms with Crippen LogP contribution in [0.4, 0.5) is 0 Å². The molecule has 2 aromatic rings. The molecule has 0 spiro atoms. The van der Waals surface area contributed by atoms with Crippen LogP contribution in [0.15, 0.2) is 46.0 Å². The third kappa shape index (κ3) is 2.32. The molecule has 3 rings (SSSR count). The summed E-state index contributed by atoms with van der Waals surface area (Å²) in [7, 11) is -2.37. The van der Waals surface area contributed by atoms with Gasteiger partial charge in [-0.25, -0.2) is 8.51 Å². The molecule has 2 unspecified atom stereocenters. The van der Waals surface area contributed by atoms with Crippen LogP contribution in [0.3, 0.4) is 0 Å². The Morgan fingerprint density at radius 1 is 1.30 bits per heavy atom. The number of thiophene rings is 1. The Morgan fingerprint density at radius 2 is 2.05 bits per heavy atom. The first-order valence-corrected chi connectivity index (χ1v) is 9.43. The lowest BCUT2D eigenvalue weighted by Gasteiger charge is -2.37. The molecule has 1 aliphatic rings. The molecule has 2 heterocycles. The monoisotopic (exact) mass is 305 g/mol. The molecule has 2 atom stereocenters. The van der Waals surface area contributed by atoms with Crippen LogP contribution >= 0.6 is 11.3 Å². The van der Waals surface area contributed by atoms with E-state index in [1.807, 2.05) is 17.5 Å².